The Morgan fingerprint density at radius 3 is 2.00 bits per heavy atom. The highest BCUT2D eigenvalue weighted by Crippen LogP contribution is 1.99. The molecule has 1 heterocycles. The summed E-state index contributed by atoms with van der Waals surface area (Å²) in [5, 5.41) is 6.82. The molecule has 5 nitrogen and oxygen atoms in total. The Hall–Kier alpha value is -0.200. The van der Waals surface area contributed by atoms with E-state index in [1.54, 1.807) is 0 Å². The van der Waals surface area contributed by atoms with Crippen molar-refractivity contribution < 1.29 is 9.68 Å². The molecule has 1 rings (SSSR count). The first kappa shape index (κ1) is 9.88. The zero-order chi connectivity index (χ0) is 8.81. The van der Waals surface area contributed by atoms with E-state index in [-0.39, 0.29) is 0 Å². The van der Waals surface area contributed by atoms with Gasteiger partial charge in [0.2, 0.25) is 0 Å². The maximum absolute atomic E-state index is 5.31. The molecule has 1 aliphatic rings. The highest BCUT2D eigenvalue weighted by Gasteiger charge is 2.16. The predicted molar refractivity (Wildman–Crippen MR) is 44.7 cm³/mol. The van der Waals surface area contributed by atoms with Gasteiger partial charge in [0.1, 0.15) is 6.67 Å². The average molecular weight is 175 g/mol. The van der Waals surface area contributed by atoms with E-state index in [0.717, 1.165) is 13.3 Å². The molecule has 0 saturated carbocycles. The minimum absolute atomic E-state index is 0.696. The second kappa shape index (κ2) is 5.45. The van der Waals surface area contributed by atoms with Crippen LogP contribution in [0.3, 0.4) is 0 Å². The summed E-state index contributed by atoms with van der Waals surface area (Å²) in [4.78, 5) is 10.6. The van der Waals surface area contributed by atoms with Crippen LogP contribution in [0.15, 0.2) is 0 Å². The molecule has 72 valence electrons. The molecule has 0 aromatic carbocycles. The van der Waals surface area contributed by atoms with E-state index < -0.39 is 0 Å². The molecule has 0 radical (unpaired) electrons. The number of nitrogens with zero attached hydrogens (tertiary/aromatic N) is 2. The molecule has 0 bridgehead atoms. The minimum Gasteiger partial charge on any atom is -0.297 e. The normalized spacial score (nSPS) is 21.5. The molecule has 1 fully saturated rings. The van der Waals surface area contributed by atoms with Gasteiger partial charge in [-0.25, -0.2) is 0 Å². The van der Waals surface area contributed by atoms with Gasteiger partial charge in [-0.3, -0.25) is 15.0 Å². The summed E-state index contributed by atoms with van der Waals surface area (Å²) in [6.07, 6.45) is 0. The van der Waals surface area contributed by atoms with E-state index in [0.29, 0.717) is 19.9 Å². The summed E-state index contributed by atoms with van der Waals surface area (Å²) < 4.78 is 0. The van der Waals surface area contributed by atoms with Crippen LogP contribution in [0.2, 0.25) is 0 Å². The predicted octanol–water partition coefficient (Wildman–Crippen LogP) is -0.0309. The van der Waals surface area contributed by atoms with E-state index >= 15 is 0 Å². The van der Waals surface area contributed by atoms with Crippen molar-refractivity contribution in [3.05, 3.63) is 0 Å². The quantitative estimate of drug-likeness (QED) is 0.649. The lowest BCUT2D eigenvalue weighted by molar-refractivity contribution is -0.279. The first-order chi connectivity index (χ1) is 5.86. The second-order valence-electron chi connectivity index (χ2n) is 2.51. The molecule has 0 aromatic heterocycles. The zero-order valence-electron chi connectivity index (χ0n) is 7.75. The Morgan fingerprint density at radius 2 is 1.58 bits per heavy atom. The van der Waals surface area contributed by atoms with Gasteiger partial charge in [0.25, 0.3) is 0 Å². The highest BCUT2D eigenvalue weighted by molar-refractivity contribution is 4.50. The third-order valence-corrected chi connectivity index (χ3v) is 1.52. The van der Waals surface area contributed by atoms with Crippen molar-refractivity contribution in [3.63, 3.8) is 0 Å². The smallest absolute Gasteiger partial charge is 0.103 e. The first-order valence-electron chi connectivity index (χ1n) is 4.33. The molecule has 5 heteroatoms. The number of nitrogens with one attached hydrogen (secondary N) is 1. The fourth-order valence-corrected chi connectivity index (χ4v) is 1.11. The van der Waals surface area contributed by atoms with Gasteiger partial charge >= 0.3 is 0 Å². The molecular formula is C7H17N3O2. The Labute approximate surface area is 73.1 Å². The maximum atomic E-state index is 5.31. The van der Waals surface area contributed by atoms with E-state index in [1.807, 2.05) is 24.0 Å². The maximum Gasteiger partial charge on any atom is 0.103 e. The van der Waals surface area contributed by atoms with E-state index in [4.69, 9.17) is 9.68 Å². The summed E-state index contributed by atoms with van der Waals surface area (Å²) >= 11 is 0. The van der Waals surface area contributed by atoms with Crippen LogP contribution in [0, 0.1) is 0 Å². The summed E-state index contributed by atoms with van der Waals surface area (Å²) in [5.41, 5.74) is 0. The summed E-state index contributed by atoms with van der Waals surface area (Å²) in [6, 6.07) is 0. The first-order valence-corrected chi connectivity index (χ1v) is 4.33. The molecule has 12 heavy (non-hydrogen) atoms. The zero-order valence-corrected chi connectivity index (χ0v) is 7.75. The molecule has 0 spiro atoms. The van der Waals surface area contributed by atoms with Gasteiger partial charge in [-0.15, -0.1) is 0 Å². The molecule has 0 unspecified atom stereocenters. The van der Waals surface area contributed by atoms with Crippen molar-refractivity contribution in [3.8, 4) is 0 Å². The van der Waals surface area contributed by atoms with Gasteiger partial charge in [0.05, 0.1) is 26.6 Å². The number of hydroxylamine groups is 4. The van der Waals surface area contributed by atoms with Crippen LogP contribution < -0.4 is 5.32 Å². The largest absolute Gasteiger partial charge is 0.297 e. The summed E-state index contributed by atoms with van der Waals surface area (Å²) in [5.74, 6) is 0. The lowest BCUT2D eigenvalue weighted by Crippen LogP contribution is -2.52. The molecule has 0 amide bonds. The Balaban J connectivity index is 2.20. The second-order valence-corrected chi connectivity index (χ2v) is 2.51. The SMILES string of the molecule is CCON1CNCN(OCC)C1. The number of hydrogen-bond donors (Lipinski definition) is 1. The van der Waals surface area contributed by atoms with Crippen LogP contribution in [-0.2, 0) is 9.68 Å². The van der Waals surface area contributed by atoms with Crippen molar-refractivity contribution >= 4 is 0 Å². The van der Waals surface area contributed by atoms with Crippen molar-refractivity contribution in [2.75, 3.05) is 33.2 Å². The third kappa shape index (κ3) is 3.04. The van der Waals surface area contributed by atoms with Crippen molar-refractivity contribution in [2.24, 2.45) is 0 Å². The van der Waals surface area contributed by atoms with Gasteiger partial charge in [-0.2, -0.15) is 10.1 Å². The molecule has 1 N–H and O–H groups in total. The van der Waals surface area contributed by atoms with Gasteiger partial charge in [0, 0.05) is 0 Å². The fraction of sp³-hybridized carbons (Fsp3) is 1.00. The van der Waals surface area contributed by atoms with Crippen molar-refractivity contribution in [1.29, 1.82) is 0 Å². The Bertz CT molecular complexity index is 107. The van der Waals surface area contributed by atoms with Crippen LogP contribution in [0.1, 0.15) is 13.8 Å². The van der Waals surface area contributed by atoms with Crippen LogP contribution in [-0.4, -0.2) is 43.3 Å². The topological polar surface area (TPSA) is 37.0 Å². The Kier molecular flexibility index (Phi) is 4.49. The molecule has 0 atom stereocenters. The van der Waals surface area contributed by atoms with E-state index in [9.17, 15) is 0 Å². The monoisotopic (exact) mass is 175 g/mol. The van der Waals surface area contributed by atoms with Crippen molar-refractivity contribution in [1.82, 2.24) is 15.4 Å². The number of rotatable bonds is 4. The minimum atomic E-state index is 0.696. The third-order valence-electron chi connectivity index (χ3n) is 1.52. The van der Waals surface area contributed by atoms with Crippen molar-refractivity contribution in [2.45, 2.75) is 13.8 Å². The molecule has 1 saturated heterocycles. The highest BCUT2D eigenvalue weighted by atomic mass is 16.7. The van der Waals surface area contributed by atoms with E-state index in [2.05, 4.69) is 5.32 Å². The molecule has 1 aliphatic heterocycles. The summed E-state index contributed by atoms with van der Waals surface area (Å²) in [6.45, 7) is 7.56. The molecular weight excluding hydrogens is 158 g/mol. The lowest BCUT2D eigenvalue weighted by Gasteiger charge is -2.33. The van der Waals surface area contributed by atoms with Gasteiger partial charge < -0.3 is 0 Å². The Morgan fingerprint density at radius 1 is 1.08 bits per heavy atom. The average Bonchev–Trinajstić information content (AvgIpc) is 2.06. The fourth-order valence-electron chi connectivity index (χ4n) is 1.11. The molecule has 0 aromatic rings. The van der Waals surface area contributed by atoms with Gasteiger partial charge in [0.15, 0.2) is 0 Å². The molecule has 0 aliphatic carbocycles. The summed E-state index contributed by atoms with van der Waals surface area (Å²) in [7, 11) is 0. The van der Waals surface area contributed by atoms with Gasteiger partial charge in [-0.05, 0) is 13.8 Å². The standard InChI is InChI=1S/C7H17N3O2/c1-3-11-9-5-8-6-10(7-9)12-4-2/h8H,3-7H2,1-2H3. The van der Waals surface area contributed by atoms with Crippen LogP contribution >= 0.6 is 0 Å². The number of hydrogen-bond acceptors (Lipinski definition) is 5. The van der Waals surface area contributed by atoms with Crippen LogP contribution in [0.25, 0.3) is 0 Å². The van der Waals surface area contributed by atoms with E-state index in [1.165, 1.54) is 0 Å². The van der Waals surface area contributed by atoms with Gasteiger partial charge in [-0.1, -0.05) is 0 Å². The van der Waals surface area contributed by atoms with Crippen LogP contribution in [0.4, 0.5) is 0 Å². The van der Waals surface area contributed by atoms with Crippen LogP contribution in [0.5, 0.6) is 0 Å². The lowest BCUT2D eigenvalue weighted by atomic mass is 10.7.